The molecule has 0 bridgehead atoms. The van der Waals surface area contributed by atoms with Gasteiger partial charge in [0.15, 0.2) is 0 Å². The van der Waals surface area contributed by atoms with E-state index in [0.717, 1.165) is 35.5 Å². The number of hydrogen-bond donors (Lipinski definition) is 0. The predicted octanol–water partition coefficient (Wildman–Crippen LogP) is 3.70. The Kier molecular flexibility index (Phi) is 4.60. The van der Waals surface area contributed by atoms with Crippen LogP contribution < -0.4 is 18.9 Å². The molecule has 24 heavy (non-hydrogen) atoms. The fourth-order valence-corrected chi connectivity index (χ4v) is 2.89. The summed E-state index contributed by atoms with van der Waals surface area (Å²) in [4.78, 5) is 11.0. The number of ether oxygens (including phenoxy) is 4. The number of hydrogen-bond acceptors (Lipinski definition) is 5. The van der Waals surface area contributed by atoms with Gasteiger partial charge in [-0.2, -0.15) is 0 Å². The largest absolute Gasteiger partial charge is 0.496 e. The van der Waals surface area contributed by atoms with Crippen LogP contribution in [0.3, 0.4) is 0 Å². The van der Waals surface area contributed by atoms with Gasteiger partial charge in [0.25, 0.3) is 0 Å². The highest BCUT2D eigenvalue weighted by Crippen LogP contribution is 2.42. The molecule has 0 aliphatic carbocycles. The van der Waals surface area contributed by atoms with Gasteiger partial charge >= 0.3 is 5.97 Å². The van der Waals surface area contributed by atoms with Crippen LogP contribution in [0.1, 0.15) is 30.6 Å². The Bertz CT molecular complexity index is 736. The second-order valence-corrected chi connectivity index (χ2v) is 5.61. The predicted molar refractivity (Wildman–Crippen MR) is 89.0 cm³/mol. The molecule has 0 radical (unpaired) electrons. The van der Waals surface area contributed by atoms with Gasteiger partial charge in [-0.15, -0.1) is 0 Å². The molecule has 0 aromatic heterocycles. The summed E-state index contributed by atoms with van der Waals surface area (Å²) in [6.45, 7) is 1.38. The van der Waals surface area contributed by atoms with Crippen molar-refractivity contribution in [3.05, 3.63) is 47.5 Å². The van der Waals surface area contributed by atoms with Gasteiger partial charge < -0.3 is 18.9 Å². The summed E-state index contributed by atoms with van der Waals surface area (Å²) >= 11 is 0. The molecule has 2 aromatic rings. The van der Waals surface area contributed by atoms with Crippen molar-refractivity contribution in [3.8, 4) is 23.0 Å². The molecule has 1 atom stereocenters. The first-order valence-corrected chi connectivity index (χ1v) is 7.80. The van der Waals surface area contributed by atoms with Crippen LogP contribution in [-0.2, 0) is 11.2 Å². The zero-order valence-electron chi connectivity index (χ0n) is 14.0. The first kappa shape index (κ1) is 16.2. The molecular formula is C19H20O5. The Balaban J connectivity index is 1.83. The summed E-state index contributed by atoms with van der Waals surface area (Å²) < 4.78 is 22.0. The van der Waals surface area contributed by atoms with Crippen LogP contribution in [0.4, 0.5) is 0 Å². The molecule has 0 spiro atoms. The third kappa shape index (κ3) is 3.30. The third-order valence-corrected chi connectivity index (χ3v) is 4.04. The van der Waals surface area contributed by atoms with Gasteiger partial charge in [0.2, 0.25) is 0 Å². The number of methoxy groups -OCH3 is 2. The zero-order chi connectivity index (χ0) is 17.1. The fraction of sp³-hybridized carbons (Fsp3) is 0.316. The Labute approximate surface area is 141 Å². The molecule has 0 saturated heterocycles. The standard InChI is InChI=1S/C19H20O5/c1-12(20)23-14-6-4-13(5-7-14)17-9-8-16-18(22-3)10-15(21-2)11-19(16)24-17/h4-7,10-11,17H,8-9H2,1-3H3/t17-/m0/s1. The van der Waals surface area contributed by atoms with Gasteiger partial charge in [-0.3, -0.25) is 4.79 Å². The summed E-state index contributed by atoms with van der Waals surface area (Å²) in [5, 5.41) is 0. The van der Waals surface area contributed by atoms with E-state index in [1.807, 2.05) is 24.3 Å². The Morgan fingerprint density at radius 1 is 1.08 bits per heavy atom. The highest BCUT2D eigenvalue weighted by molar-refractivity contribution is 5.69. The van der Waals surface area contributed by atoms with E-state index in [1.165, 1.54) is 6.92 Å². The van der Waals surface area contributed by atoms with Gasteiger partial charge in [-0.1, -0.05) is 12.1 Å². The molecule has 3 rings (SSSR count). The number of carbonyl (C=O) groups excluding carboxylic acids is 1. The molecule has 0 amide bonds. The zero-order valence-corrected chi connectivity index (χ0v) is 14.0. The lowest BCUT2D eigenvalue weighted by atomic mass is 9.96. The van der Waals surface area contributed by atoms with E-state index in [9.17, 15) is 4.79 Å². The van der Waals surface area contributed by atoms with E-state index in [-0.39, 0.29) is 12.1 Å². The van der Waals surface area contributed by atoms with Crippen LogP contribution in [0, 0.1) is 0 Å². The molecule has 0 saturated carbocycles. The Morgan fingerprint density at radius 2 is 1.83 bits per heavy atom. The van der Waals surface area contributed by atoms with Gasteiger partial charge in [-0.05, 0) is 30.5 Å². The first-order valence-electron chi connectivity index (χ1n) is 7.80. The van der Waals surface area contributed by atoms with Crippen molar-refractivity contribution in [2.24, 2.45) is 0 Å². The summed E-state index contributed by atoms with van der Waals surface area (Å²) in [6, 6.07) is 11.2. The Morgan fingerprint density at radius 3 is 2.46 bits per heavy atom. The van der Waals surface area contributed by atoms with Crippen molar-refractivity contribution in [2.75, 3.05) is 14.2 Å². The van der Waals surface area contributed by atoms with Crippen LogP contribution >= 0.6 is 0 Å². The second kappa shape index (κ2) is 6.83. The van der Waals surface area contributed by atoms with Crippen LogP contribution in [-0.4, -0.2) is 20.2 Å². The smallest absolute Gasteiger partial charge is 0.308 e. The maximum atomic E-state index is 11.0. The summed E-state index contributed by atoms with van der Waals surface area (Å²) in [7, 11) is 3.27. The minimum absolute atomic E-state index is 0.0549. The van der Waals surface area contributed by atoms with Gasteiger partial charge in [0.1, 0.15) is 29.1 Å². The third-order valence-electron chi connectivity index (χ3n) is 4.04. The molecule has 5 nitrogen and oxygen atoms in total. The van der Waals surface area contributed by atoms with Crippen LogP contribution in [0.25, 0.3) is 0 Å². The highest BCUT2D eigenvalue weighted by atomic mass is 16.5. The monoisotopic (exact) mass is 328 g/mol. The van der Waals surface area contributed by atoms with E-state index in [4.69, 9.17) is 18.9 Å². The molecule has 1 aliphatic heterocycles. The molecule has 0 unspecified atom stereocenters. The summed E-state index contributed by atoms with van der Waals surface area (Å²) in [6.07, 6.45) is 1.65. The number of esters is 1. The van der Waals surface area contributed by atoms with E-state index in [0.29, 0.717) is 11.5 Å². The molecular weight excluding hydrogens is 308 g/mol. The van der Waals surface area contributed by atoms with Crippen molar-refractivity contribution in [2.45, 2.75) is 25.9 Å². The maximum Gasteiger partial charge on any atom is 0.308 e. The van der Waals surface area contributed by atoms with Gasteiger partial charge in [0.05, 0.1) is 14.2 Å². The minimum atomic E-state index is -0.329. The minimum Gasteiger partial charge on any atom is -0.496 e. The molecule has 1 aliphatic rings. The molecule has 5 heteroatoms. The molecule has 1 heterocycles. The quantitative estimate of drug-likeness (QED) is 0.633. The van der Waals surface area contributed by atoms with Crippen molar-refractivity contribution >= 4 is 5.97 Å². The highest BCUT2D eigenvalue weighted by Gasteiger charge is 2.25. The number of benzene rings is 2. The summed E-state index contributed by atoms with van der Waals surface area (Å²) in [5.41, 5.74) is 2.10. The number of carbonyl (C=O) groups is 1. The number of rotatable bonds is 4. The molecule has 0 fully saturated rings. The average Bonchev–Trinajstić information content (AvgIpc) is 2.60. The van der Waals surface area contributed by atoms with Crippen LogP contribution in [0.15, 0.2) is 36.4 Å². The SMILES string of the molecule is COc1cc(OC)c2c(c1)O[C@H](c1ccc(OC(C)=O)cc1)CC2. The molecule has 2 aromatic carbocycles. The van der Waals surface area contributed by atoms with E-state index in [2.05, 4.69) is 0 Å². The first-order chi connectivity index (χ1) is 11.6. The number of fused-ring (bicyclic) bond motifs is 1. The topological polar surface area (TPSA) is 54.0 Å². The van der Waals surface area contributed by atoms with Crippen LogP contribution in [0.2, 0.25) is 0 Å². The lowest BCUT2D eigenvalue weighted by Gasteiger charge is -2.28. The van der Waals surface area contributed by atoms with E-state index < -0.39 is 0 Å². The lowest BCUT2D eigenvalue weighted by Crippen LogP contribution is -2.16. The summed E-state index contributed by atoms with van der Waals surface area (Å²) in [5.74, 6) is 2.48. The maximum absolute atomic E-state index is 11.0. The van der Waals surface area contributed by atoms with Gasteiger partial charge in [0, 0.05) is 24.6 Å². The van der Waals surface area contributed by atoms with Crippen LogP contribution in [0.5, 0.6) is 23.0 Å². The van der Waals surface area contributed by atoms with Crippen molar-refractivity contribution in [1.82, 2.24) is 0 Å². The fourth-order valence-electron chi connectivity index (χ4n) is 2.89. The molecule has 0 N–H and O–H groups in total. The lowest BCUT2D eigenvalue weighted by molar-refractivity contribution is -0.131. The normalized spacial score (nSPS) is 15.9. The van der Waals surface area contributed by atoms with Crippen molar-refractivity contribution in [1.29, 1.82) is 0 Å². The molecule has 126 valence electrons. The average molecular weight is 328 g/mol. The van der Waals surface area contributed by atoms with Crippen molar-refractivity contribution in [3.63, 3.8) is 0 Å². The van der Waals surface area contributed by atoms with Gasteiger partial charge in [-0.25, -0.2) is 0 Å². The van der Waals surface area contributed by atoms with Crippen molar-refractivity contribution < 1.29 is 23.7 Å². The second-order valence-electron chi connectivity index (χ2n) is 5.61. The van der Waals surface area contributed by atoms with E-state index in [1.54, 1.807) is 26.4 Å². The van der Waals surface area contributed by atoms with E-state index >= 15 is 0 Å². The Hall–Kier alpha value is -2.69.